The Hall–Kier alpha value is -2.45. The zero-order valence-corrected chi connectivity index (χ0v) is 7.69. The molecular formula is C7H6N2O7. The Bertz CT molecular complexity index is 422. The van der Waals surface area contributed by atoms with Gasteiger partial charge in [0.15, 0.2) is 0 Å². The van der Waals surface area contributed by atoms with Crippen molar-refractivity contribution in [3.05, 3.63) is 43.7 Å². The fraction of sp³-hybridized carbons (Fsp3) is 0.286. The maximum absolute atomic E-state index is 10.6. The predicted molar refractivity (Wildman–Crippen MR) is 47.8 cm³/mol. The third kappa shape index (κ3) is 1.58. The van der Waals surface area contributed by atoms with Crippen LogP contribution in [-0.2, 0) is 4.79 Å². The van der Waals surface area contributed by atoms with Gasteiger partial charge in [0, 0.05) is 0 Å². The fourth-order valence-corrected chi connectivity index (χ4v) is 1.21. The first kappa shape index (κ1) is 11.6. The van der Waals surface area contributed by atoms with Crippen molar-refractivity contribution in [3.8, 4) is 0 Å². The lowest BCUT2D eigenvalue weighted by molar-refractivity contribution is -0.780. The minimum atomic E-state index is -2.72. The number of nitro groups is 2. The van der Waals surface area contributed by atoms with E-state index in [1.807, 2.05) is 0 Å². The van der Waals surface area contributed by atoms with E-state index in [4.69, 9.17) is 10.2 Å². The van der Waals surface area contributed by atoms with Crippen molar-refractivity contribution in [2.45, 2.75) is 12.1 Å². The summed E-state index contributed by atoms with van der Waals surface area (Å²) in [5.74, 6) is -2.38. The molecule has 1 aliphatic carbocycles. The Labute approximate surface area is 87.6 Å². The van der Waals surface area contributed by atoms with Crippen molar-refractivity contribution >= 4 is 5.97 Å². The van der Waals surface area contributed by atoms with E-state index in [-0.39, 0.29) is 0 Å². The van der Waals surface area contributed by atoms with Crippen LogP contribution < -0.4 is 0 Å². The number of aliphatic hydroxyl groups is 1. The third-order valence-electron chi connectivity index (χ3n) is 2.11. The molecule has 0 amide bonds. The molecule has 0 fully saturated rings. The van der Waals surface area contributed by atoms with E-state index in [2.05, 4.69) is 0 Å². The van der Waals surface area contributed by atoms with Crippen molar-refractivity contribution < 1.29 is 24.9 Å². The number of nitrogens with zero attached hydrogens (tertiary/aromatic N) is 2. The minimum absolute atomic E-state index is 0.338. The summed E-state index contributed by atoms with van der Waals surface area (Å²) >= 11 is 0. The molecule has 1 rings (SSSR count). The van der Waals surface area contributed by atoms with Crippen LogP contribution in [-0.4, -0.2) is 31.7 Å². The number of carboxylic acids is 1. The van der Waals surface area contributed by atoms with E-state index in [9.17, 15) is 25.0 Å². The first-order valence-corrected chi connectivity index (χ1v) is 3.96. The van der Waals surface area contributed by atoms with Gasteiger partial charge in [0.2, 0.25) is 0 Å². The summed E-state index contributed by atoms with van der Waals surface area (Å²) < 4.78 is 0. The number of aliphatic carboxylic acids is 1. The van der Waals surface area contributed by atoms with Crippen LogP contribution in [0.3, 0.4) is 0 Å². The minimum Gasteiger partial charge on any atom is -0.507 e. The Balaban J connectivity index is 3.34. The van der Waals surface area contributed by atoms with Gasteiger partial charge in [-0.1, -0.05) is 0 Å². The molecule has 86 valence electrons. The Morgan fingerprint density at radius 2 is 1.88 bits per heavy atom. The van der Waals surface area contributed by atoms with Crippen molar-refractivity contribution in [2.24, 2.45) is 0 Å². The van der Waals surface area contributed by atoms with Crippen molar-refractivity contribution in [2.75, 3.05) is 0 Å². The molecule has 0 aliphatic heterocycles. The predicted octanol–water partition coefficient (Wildman–Crippen LogP) is 0.0927. The summed E-state index contributed by atoms with van der Waals surface area (Å²) in [6.45, 7) is 0. The molecule has 0 unspecified atom stereocenters. The average molecular weight is 230 g/mol. The molecule has 0 spiro atoms. The molecule has 2 N–H and O–H groups in total. The Morgan fingerprint density at radius 1 is 1.38 bits per heavy atom. The number of hydrogen-bond acceptors (Lipinski definition) is 6. The molecule has 0 atom stereocenters. The van der Waals surface area contributed by atoms with Gasteiger partial charge in [-0.2, -0.15) is 0 Å². The van der Waals surface area contributed by atoms with Gasteiger partial charge in [0.1, 0.15) is 27.6 Å². The second kappa shape index (κ2) is 3.61. The molecule has 9 heteroatoms. The lowest BCUT2D eigenvalue weighted by Crippen LogP contribution is -2.46. The molecule has 0 radical (unpaired) electrons. The summed E-state index contributed by atoms with van der Waals surface area (Å²) in [5.41, 5.74) is -3.57. The molecule has 16 heavy (non-hydrogen) atoms. The van der Waals surface area contributed by atoms with Gasteiger partial charge in [-0.3, -0.25) is 20.2 Å². The van der Waals surface area contributed by atoms with Gasteiger partial charge in [-0.05, 0) is 6.08 Å². The van der Waals surface area contributed by atoms with Gasteiger partial charge < -0.3 is 10.2 Å². The zero-order valence-electron chi connectivity index (χ0n) is 7.69. The second-order valence-corrected chi connectivity index (χ2v) is 3.05. The topological polar surface area (TPSA) is 144 Å². The molecule has 0 aromatic carbocycles. The first-order valence-electron chi connectivity index (χ1n) is 3.96. The van der Waals surface area contributed by atoms with Gasteiger partial charge in [-0.25, -0.2) is 4.79 Å². The highest BCUT2D eigenvalue weighted by Crippen LogP contribution is 2.28. The van der Waals surface area contributed by atoms with Gasteiger partial charge >= 0.3 is 11.6 Å². The van der Waals surface area contributed by atoms with E-state index >= 15 is 0 Å². The summed E-state index contributed by atoms with van der Waals surface area (Å²) in [7, 11) is 0. The molecule has 0 aromatic rings. The smallest absolute Gasteiger partial charge is 0.482 e. The monoisotopic (exact) mass is 230 g/mol. The van der Waals surface area contributed by atoms with Gasteiger partial charge in [0.25, 0.3) is 0 Å². The van der Waals surface area contributed by atoms with Gasteiger partial charge in [0.05, 0.1) is 6.08 Å². The van der Waals surface area contributed by atoms with Crippen LogP contribution in [0.1, 0.15) is 6.42 Å². The van der Waals surface area contributed by atoms with Crippen molar-refractivity contribution in [3.63, 3.8) is 0 Å². The number of hydrogen-bond donors (Lipinski definition) is 2. The molecule has 0 bridgehead atoms. The quantitative estimate of drug-likeness (QED) is 0.397. The van der Waals surface area contributed by atoms with Crippen LogP contribution in [0.15, 0.2) is 23.5 Å². The number of aliphatic hydroxyl groups excluding tert-OH is 1. The average Bonchev–Trinajstić information content (AvgIpc) is 2.17. The molecule has 0 saturated heterocycles. The number of carboxylic acid groups (broad SMARTS) is 1. The summed E-state index contributed by atoms with van der Waals surface area (Å²) in [5, 5.41) is 38.9. The van der Waals surface area contributed by atoms with E-state index in [1.165, 1.54) is 0 Å². The molecular weight excluding hydrogens is 224 g/mol. The van der Waals surface area contributed by atoms with E-state index in [0.717, 1.165) is 6.08 Å². The molecule has 0 saturated carbocycles. The highest BCUT2D eigenvalue weighted by molar-refractivity contribution is 5.91. The largest absolute Gasteiger partial charge is 0.507 e. The van der Waals surface area contributed by atoms with Crippen LogP contribution in [0.5, 0.6) is 0 Å². The maximum atomic E-state index is 10.6. The third-order valence-corrected chi connectivity index (χ3v) is 2.11. The molecule has 0 aromatic heterocycles. The Kier molecular flexibility index (Phi) is 2.62. The fourth-order valence-electron chi connectivity index (χ4n) is 1.21. The maximum Gasteiger partial charge on any atom is 0.482 e. The second-order valence-electron chi connectivity index (χ2n) is 3.05. The first-order chi connectivity index (χ1) is 7.31. The molecule has 1 aliphatic rings. The highest BCUT2D eigenvalue weighted by Gasteiger charge is 2.56. The van der Waals surface area contributed by atoms with E-state index < -0.39 is 39.2 Å². The van der Waals surface area contributed by atoms with E-state index in [1.54, 1.807) is 0 Å². The summed E-state index contributed by atoms with van der Waals surface area (Å²) in [4.78, 5) is 29.4. The van der Waals surface area contributed by atoms with Gasteiger partial charge in [-0.15, -0.1) is 0 Å². The van der Waals surface area contributed by atoms with Crippen LogP contribution in [0.25, 0.3) is 0 Å². The van der Waals surface area contributed by atoms with Crippen LogP contribution in [0.2, 0.25) is 0 Å². The summed E-state index contributed by atoms with van der Waals surface area (Å²) in [6.07, 6.45) is 0.384. The van der Waals surface area contributed by atoms with Crippen LogP contribution >= 0.6 is 0 Å². The highest BCUT2D eigenvalue weighted by atomic mass is 16.7. The van der Waals surface area contributed by atoms with E-state index in [0.29, 0.717) is 6.08 Å². The zero-order chi connectivity index (χ0) is 12.5. The SMILES string of the molecule is O=C(O)C1=CC([N+](=O)[O-])([N+](=O)[O-])CC=C1O. The van der Waals surface area contributed by atoms with Crippen molar-refractivity contribution in [1.29, 1.82) is 0 Å². The normalized spacial score (nSPS) is 18.2. The van der Waals surface area contributed by atoms with Crippen molar-refractivity contribution in [1.82, 2.24) is 0 Å². The molecule has 0 heterocycles. The standard InChI is InChI=1S/C7H6N2O7/c10-5-1-2-7(8(13)14,9(15)16)3-4(5)6(11)12/h1,3,10H,2H2,(H,11,12). The summed E-state index contributed by atoms with van der Waals surface area (Å²) in [6, 6.07) is 0. The van der Waals surface area contributed by atoms with Crippen LogP contribution in [0.4, 0.5) is 0 Å². The number of carbonyl (C=O) groups is 1. The molecule has 9 nitrogen and oxygen atoms in total. The lowest BCUT2D eigenvalue weighted by Gasteiger charge is -2.16. The Morgan fingerprint density at radius 3 is 2.25 bits per heavy atom. The number of rotatable bonds is 3. The van der Waals surface area contributed by atoms with Crippen LogP contribution in [0, 0.1) is 20.2 Å². The lowest BCUT2D eigenvalue weighted by atomic mass is 9.96.